The third-order valence-electron chi connectivity index (χ3n) is 2.69. The van der Waals surface area contributed by atoms with Gasteiger partial charge in [-0.3, -0.25) is 4.79 Å². The molecular weight excluding hydrogens is 417 g/mol. The number of aromatic amines is 1. The predicted molar refractivity (Wildman–Crippen MR) is 72.1 cm³/mol. The standard InChI is InChI=1S/C12H4BrClF6N2O/c13-9-7(11(15,16)17)21-10(22-9)5-2-1-4(3-6(5)14)8(23)12(18,19)20/h1-3H,(H,21,22). The Kier molecular flexibility index (Phi) is 4.51. The number of alkyl halides is 6. The SMILES string of the molecule is O=C(c1ccc(-c2nc(Br)c(C(F)(F)F)[nH]2)c(Cl)c1)C(F)(F)F. The van der Waals surface area contributed by atoms with Crippen LogP contribution in [0.1, 0.15) is 16.1 Å². The Labute approximate surface area is 137 Å². The number of nitrogens with one attached hydrogen (secondary N) is 1. The molecular formula is C12H4BrClF6N2O. The average Bonchev–Trinajstić information content (AvgIpc) is 2.78. The van der Waals surface area contributed by atoms with Gasteiger partial charge >= 0.3 is 12.4 Å². The molecule has 1 N–H and O–H groups in total. The van der Waals surface area contributed by atoms with E-state index >= 15 is 0 Å². The number of aromatic nitrogens is 2. The molecule has 1 aromatic heterocycles. The third kappa shape index (κ3) is 3.69. The number of hydrogen-bond donors (Lipinski definition) is 1. The highest BCUT2D eigenvalue weighted by atomic mass is 79.9. The second-order valence-corrected chi connectivity index (χ2v) is 5.43. The quantitative estimate of drug-likeness (QED) is 0.531. The highest BCUT2D eigenvalue weighted by molar-refractivity contribution is 9.10. The van der Waals surface area contributed by atoms with Crippen LogP contribution in [-0.2, 0) is 6.18 Å². The predicted octanol–water partition coefficient (Wildman–Crippen LogP) is 5.26. The van der Waals surface area contributed by atoms with Gasteiger partial charge in [-0.1, -0.05) is 17.7 Å². The molecule has 3 nitrogen and oxygen atoms in total. The van der Waals surface area contributed by atoms with Gasteiger partial charge in [-0.15, -0.1) is 0 Å². The van der Waals surface area contributed by atoms with Gasteiger partial charge in [-0.25, -0.2) is 4.98 Å². The van der Waals surface area contributed by atoms with Crippen molar-refractivity contribution in [3.8, 4) is 11.4 Å². The fourth-order valence-electron chi connectivity index (χ4n) is 1.68. The van der Waals surface area contributed by atoms with Crippen LogP contribution in [-0.4, -0.2) is 21.9 Å². The van der Waals surface area contributed by atoms with Crippen molar-refractivity contribution in [2.45, 2.75) is 12.4 Å². The molecule has 0 aliphatic rings. The van der Waals surface area contributed by atoms with Gasteiger partial charge in [0.05, 0.1) is 5.02 Å². The topological polar surface area (TPSA) is 45.8 Å². The number of imidazole rings is 1. The smallest absolute Gasteiger partial charge is 0.333 e. The van der Waals surface area contributed by atoms with E-state index in [9.17, 15) is 31.1 Å². The summed E-state index contributed by atoms with van der Waals surface area (Å²) in [6.45, 7) is 0. The van der Waals surface area contributed by atoms with Gasteiger partial charge in [0, 0.05) is 11.1 Å². The second-order valence-electron chi connectivity index (χ2n) is 4.27. The molecule has 0 atom stereocenters. The number of H-pyrrole nitrogens is 1. The van der Waals surface area contributed by atoms with E-state index in [1.807, 2.05) is 4.98 Å². The highest BCUT2D eigenvalue weighted by Gasteiger charge is 2.40. The summed E-state index contributed by atoms with van der Waals surface area (Å²) < 4.78 is 74.5. The van der Waals surface area contributed by atoms with Crippen molar-refractivity contribution in [1.82, 2.24) is 9.97 Å². The first-order valence-corrected chi connectivity index (χ1v) is 6.82. The van der Waals surface area contributed by atoms with Crippen molar-refractivity contribution < 1.29 is 31.1 Å². The molecule has 11 heteroatoms. The van der Waals surface area contributed by atoms with Crippen molar-refractivity contribution >= 4 is 33.3 Å². The van der Waals surface area contributed by atoms with E-state index < -0.39 is 34.0 Å². The summed E-state index contributed by atoms with van der Waals surface area (Å²) in [5, 5.41) is -0.352. The summed E-state index contributed by atoms with van der Waals surface area (Å²) in [5.74, 6) is -2.41. The molecule has 0 saturated carbocycles. The molecule has 2 rings (SSSR count). The number of carbonyl (C=O) groups excluding carboxylic acids is 1. The van der Waals surface area contributed by atoms with Gasteiger partial charge in [0.1, 0.15) is 10.4 Å². The van der Waals surface area contributed by atoms with Crippen molar-refractivity contribution in [3.05, 3.63) is 39.1 Å². The maximum atomic E-state index is 12.7. The van der Waals surface area contributed by atoms with Gasteiger partial charge in [0.15, 0.2) is 5.69 Å². The number of hydrogen-bond acceptors (Lipinski definition) is 2. The van der Waals surface area contributed by atoms with Crippen LogP contribution in [0.25, 0.3) is 11.4 Å². The molecule has 0 spiro atoms. The zero-order chi connectivity index (χ0) is 17.6. The molecule has 0 aliphatic heterocycles. The van der Waals surface area contributed by atoms with Crippen LogP contribution in [0, 0.1) is 0 Å². The Morgan fingerprint density at radius 3 is 2.22 bits per heavy atom. The van der Waals surface area contributed by atoms with Gasteiger partial charge in [0.25, 0.3) is 5.78 Å². The fourth-order valence-corrected chi connectivity index (χ4v) is 2.45. The molecule has 23 heavy (non-hydrogen) atoms. The summed E-state index contributed by atoms with van der Waals surface area (Å²) in [5.41, 5.74) is -1.98. The normalized spacial score (nSPS) is 12.5. The molecule has 0 saturated heterocycles. The summed E-state index contributed by atoms with van der Waals surface area (Å²) in [6, 6.07) is 2.50. The molecule has 0 bridgehead atoms. The minimum atomic E-state index is -5.08. The number of rotatable bonds is 2. The fraction of sp³-hybridized carbons (Fsp3) is 0.167. The van der Waals surface area contributed by atoms with Crippen LogP contribution in [0.15, 0.2) is 22.8 Å². The van der Waals surface area contributed by atoms with E-state index in [-0.39, 0.29) is 16.4 Å². The molecule has 2 aromatic rings. The zero-order valence-electron chi connectivity index (χ0n) is 10.6. The lowest BCUT2D eigenvalue weighted by Gasteiger charge is -2.07. The molecule has 0 amide bonds. The minimum Gasteiger partial charge on any atom is -0.333 e. The van der Waals surface area contributed by atoms with E-state index in [1.54, 1.807) is 0 Å². The van der Waals surface area contributed by atoms with Crippen LogP contribution in [0.3, 0.4) is 0 Å². The van der Waals surface area contributed by atoms with Gasteiger partial charge in [-0.2, -0.15) is 26.3 Å². The molecule has 0 fully saturated rings. The Bertz CT molecular complexity index is 768. The van der Waals surface area contributed by atoms with E-state index in [4.69, 9.17) is 11.6 Å². The molecule has 124 valence electrons. The molecule has 0 aliphatic carbocycles. The van der Waals surface area contributed by atoms with Crippen LogP contribution >= 0.6 is 27.5 Å². The Hall–Kier alpha value is -1.55. The number of nitrogens with zero attached hydrogens (tertiary/aromatic N) is 1. The first kappa shape index (κ1) is 17.8. The highest BCUT2D eigenvalue weighted by Crippen LogP contribution is 2.37. The lowest BCUT2D eigenvalue weighted by atomic mass is 10.1. The van der Waals surface area contributed by atoms with E-state index in [1.165, 1.54) is 0 Å². The maximum absolute atomic E-state index is 12.7. The van der Waals surface area contributed by atoms with E-state index in [2.05, 4.69) is 20.9 Å². The van der Waals surface area contributed by atoms with Crippen molar-refractivity contribution in [1.29, 1.82) is 0 Å². The summed E-state index contributed by atoms with van der Waals surface area (Å²) >= 11 is 8.39. The monoisotopic (exact) mass is 420 g/mol. The van der Waals surface area contributed by atoms with Crippen molar-refractivity contribution in [2.75, 3.05) is 0 Å². The average molecular weight is 422 g/mol. The number of carbonyl (C=O) groups is 1. The number of ketones is 1. The Balaban J connectivity index is 2.45. The largest absolute Gasteiger partial charge is 0.454 e. The Morgan fingerprint density at radius 1 is 1.17 bits per heavy atom. The Morgan fingerprint density at radius 2 is 1.78 bits per heavy atom. The van der Waals surface area contributed by atoms with Crippen LogP contribution in [0.5, 0.6) is 0 Å². The van der Waals surface area contributed by atoms with E-state index in [0.29, 0.717) is 0 Å². The van der Waals surface area contributed by atoms with Crippen molar-refractivity contribution in [3.63, 3.8) is 0 Å². The minimum absolute atomic E-state index is 0.0819. The molecule has 0 unspecified atom stereocenters. The molecule has 0 radical (unpaired) electrons. The first-order valence-electron chi connectivity index (χ1n) is 5.65. The van der Waals surface area contributed by atoms with Crippen LogP contribution < -0.4 is 0 Å². The zero-order valence-corrected chi connectivity index (χ0v) is 13.0. The molecule has 1 aromatic carbocycles. The van der Waals surface area contributed by atoms with Gasteiger partial charge in [0.2, 0.25) is 0 Å². The maximum Gasteiger partial charge on any atom is 0.454 e. The number of Topliss-reactive ketones (excluding diaryl/α,β-unsaturated/α-hetero) is 1. The number of benzene rings is 1. The third-order valence-corrected chi connectivity index (χ3v) is 3.57. The van der Waals surface area contributed by atoms with Crippen molar-refractivity contribution in [2.24, 2.45) is 0 Å². The molecule has 1 heterocycles. The summed E-state index contributed by atoms with van der Waals surface area (Å²) in [4.78, 5) is 16.7. The number of halogens is 8. The second kappa shape index (κ2) is 5.82. The lowest BCUT2D eigenvalue weighted by molar-refractivity contribution is -0.141. The van der Waals surface area contributed by atoms with E-state index in [0.717, 1.165) is 18.2 Å². The summed E-state index contributed by atoms with van der Waals surface area (Å²) in [6.07, 6.45) is -9.79. The first-order chi connectivity index (χ1) is 10.4. The van der Waals surface area contributed by atoms with Crippen LogP contribution in [0.4, 0.5) is 26.3 Å². The van der Waals surface area contributed by atoms with Gasteiger partial charge in [-0.05, 0) is 28.1 Å². The van der Waals surface area contributed by atoms with Crippen LogP contribution in [0.2, 0.25) is 5.02 Å². The van der Waals surface area contributed by atoms with Gasteiger partial charge < -0.3 is 4.98 Å². The lowest BCUT2D eigenvalue weighted by Crippen LogP contribution is -2.22. The summed E-state index contributed by atoms with van der Waals surface area (Å²) in [7, 11) is 0.